The second kappa shape index (κ2) is 61.5. The average Bonchev–Trinajstić information content (AvgIpc) is 2.33. The Morgan fingerprint density at radius 3 is 0.762 bits per heavy atom. The van der Waals surface area contributed by atoms with E-state index in [1.54, 1.807) is 34.6 Å². The van der Waals surface area contributed by atoms with Gasteiger partial charge in [-0.3, -0.25) is 0 Å². The number of hydrogen-bond donors (Lipinski definition) is 6. The first kappa shape index (κ1) is 36.8. The smallest absolute Gasteiger partial charge is 0.330 e. The predicted octanol–water partition coefficient (Wildman–Crippen LogP) is 0.640. The van der Waals surface area contributed by atoms with Crippen LogP contribution < -0.4 is 0 Å². The summed E-state index contributed by atoms with van der Waals surface area (Å²) >= 11 is 0. The number of carboxylic acid groups (broad SMARTS) is 1. The van der Waals surface area contributed by atoms with E-state index in [2.05, 4.69) is 6.58 Å². The lowest BCUT2D eigenvalue weighted by atomic mass is 10.4. The van der Waals surface area contributed by atoms with Gasteiger partial charge in [-0.25, -0.2) is 4.79 Å². The number of carbonyl (C=O) groups is 1. The Bertz CT molecular complexity index is 127. The Hall–Kier alpha value is -0.990. The molecule has 0 heterocycles. The minimum Gasteiger partial charge on any atom is -0.478 e. The van der Waals surface area contributed by atoms with Crippen LogP contribution in [0.3, 0.4) is 0 Å². The van der Waals surface area contributed by atoms with Crippen LogP contribution in [0.2, 0.25) is 0 Å². The van der Waals surface area contributed by atoms with Crippen molar-refractivity contribution in [3.05, 3.63) is 12.2 Å². The van der Waals surface area contributed by atoms with Crippen molar-refractivity contribution in [1.29, 1.82) is 0 Å². The topological polar surface area (TPSA) is 138 Å². The quantitative estimate of drug-likeness (QED) is 0.390. The first-order valence-corrected chi connectivity index (χ1v) is 6.65. The monoisotopic (exact) mass is 316 g/mol. The highest BCUT2D eigenvalue weighted by Crippen LogP contribution is 1.81. The molecule has 0 unspecified atom stereocenters. The molecular formula is C14H36O7. The van der Waals surface area contributed by atoms with E-state index in [0.717, 1.165) is 0 Å². The summed E-state index contributed by atoms with van der Waals surface area (Å²) in [6.45, 7) is 14.3. The van der Waals surface area contributed by atoms with Crippen molar-refractivity contribution in [1.82, 2.24) is 0 Å². The molecule has 0 aromatic rings. The van der Waals surface area contributed by atoms with Crippen LogP contribution in [0.15, 0.2) is 12.2 Å². The van der Waals surface area contributed by atoms with Crippen molar-refractivity contribution in [3.63, 3.8) is 0 Å². The Balaban J connectivity index is -0.0000000333. The van der Waals surface area contributed by atoms with Crippen molar-refractivity contribution in [2.75, 3.05) is 33.0 Å². The first-order valence-electron chi connectivity index (χ1n) is 6.65. The Labute approximate surface area is 129 Å². The molecule has 0 aliphatic rings. The fourth-order valence-corrected chi connectivity index (χ4v) is 0. The summed E-state index contributed by atoms with van der Waals surface area (Å²) in [4.78, 5) is 9.60. The summed E-state index contributed by atoms with van der Waals surface area (Å²) in [5.41, 5.74) is 0.176. The molecule has 6 N–H and O–H groups in total. The van der Waals surface area contributed by atoms with Crippen LogP contribution in [-0.2, 0) is 4.79 Å². The molecular weight excluding hydrogens is 280 g/mol. The molecule has 0 aromatic carbocycles. The van der Waals surface area contributed by atoms with Gasteiger partial charge >= 0.3 is 5.97 Å². The van der Waals surface area contributed by atoms with E-state index in [1.807, 2.05) is 0 Å². The molecule has 0 rings (SSSR count). The molecule has 0 saturated heterocycles. The number of hydrogen-bond acceptors (Lipinski definition) is 6. The zero-order chi connectivity index (χ0) is 18.7. The van der Waals surface area contributed by atoms with Crippen molar-refractivity contribution in [2.24, 2.45) is 0 Å². The summed E-state index contributed by atoms with van der Waals surface area (Å²) in [5, 5.41) is 45.7. The third-order valence-corrected chi connectivity index (χ3v) is 0.365. The Morgan fingerprint density at radius 2 is 0.762 bits per heavy atom. The summed E-state index contributed by atoms with van der Waals surface area (Å²) < 4.78 is 0. The second-order valence-corrected chi connectivity index (χ2v) is 2.67. The number of aliphatic hydroxyl groups excluding tert-OH is 5. The highest BCUT2D eigenvalue weighted by atomic mass is 16.4. The number of aliphatic hydroxyl groups is 5. The minimum atomic E-state index is -0.935. The lowest BCUT2D eigenvalue weighted by Gasteiger charge is -1.79. The van der Waals surface area contributed by atoms with Crippen LogP contribution in [0.1, 0.15) is 41.5 Å². The molecule has 21 heavy (non-hydrogen) atoms. The molecule has 0 amide bonds. The summed E-state index contributed by atoms with van der Waals surface area (Å²) in [6, 6.07) is 0. The summed E-state index contributed by atoms with van der Waals surface area (Å²) in [5.74, 6) is -0.935. The van der Waals surface area contributed by atoms with E-state index < -0.39 is 5.97 Å². The Kier molecular flexibility index (Phi) is 108. The fourth-order valence-electron chi connectivity index (χ4n) is 0. The molecule has 0 spiro atoms. The van der Waals surface area contributed by atoms with Gasteiger partial charge in [0.15, 0.2) is 0 Å². The number of aliphatic carboxylic acids is 1. The van der Waals surface area contributed by atoms with Crippen LogP contribution in [-0.4, -0.2) is 69.6 Å². The first-order chi connectivity index (χ1) is 9.71. The highest BCUT2D eigenvalue weighted by Gasteiger charge is 1.90. The van der Waals surface area contributed by atoms with Crippen LogP contribution in [0.25, 0.3) is 0 Å². The molecule has 0 aromatic heterocycles. The standard InChI is InChI=1S/C4H6O2.5C2H6O/c1-3(2)4(5)6;5*1-2-3/h1H2,2H3,(H,5,6);5*3H,2H2,1H3. The van der Waals surface area contributed by atoms with Crippen molar-refractivity contribution in [3.8, 4) is 0 Å². The van der Waals surface area contributed by atoms with Crippen LogP contribution >= 0.6 is 0 Å². The Morgan fingerprint density at radius 1 is 0.714 bits per heavy atom. The fraction of sp³-hybridized carbons (Fsp3) is 0.786. The average molecular weight is 316 g/mol. The molecule has 0 radical (unpaired) electrons. The zero-order valence-electron chi connectivity index (χ0n) is 14.3. The zero-order valence-corrected chi connectivity index (χ0v) is 14.3. The summed E-state index contributed by atoms with van der Waals surface area (Å²) in [7, 11) is 0. The lowest BCUT2D eigenvalue weighted by Crippen LogP contribution is -1.92. The van der Waals surface area contributed by atoms with E-state index in [4.69, 9.17) is 30.6 Å². The SMILES string of the molecule is C=C(C)C(=O)O.CCO.CCO.CCO.CCO.CCO. The maximum atomic E-state index is 9.60. The van der Waals surface area contributed by atoms with Gasteiger partial charge in [-0.1, -0.05) is 6.58 Å². The number of carboxylic acids is 1. The van der Waals surface area contributed by atoms with Crippen LogP contribution in [0, 0.1) is 0 Å². The van der Waals surface area contributed by atoms with Crippen LogP contribution in [0.5, 0.6) is 0 Å². The van der Waals surface area contributed by atoms with E-state index in [9.17, 15) is 4.79 Å². The van der Waals surface area contributed by atoms with Gasteiger partial charge in [0.05, 0.1) is 0 Å². The van der Waals surface area contributed by atoms with Gasteiger partial charge in [-0.2, -0.15) is 0 Å². The predicted molar refractivity (Wildman–Crippen MR) is 86.2 cm³/mol. The highest BCUT2D eigenvalue weighted by molar-refractivity contribution is 5.84. The molecule has 7 nitrogen and oxygen atoms in total. The molecule has 0 bridgehead atoms. The maximum Gasteiger partial charge on any atom is 0.330 e. The second-order valence-electron chi connectivity index (χ2n) is 2.67. The molecule has 0 saturated carbocycles. The maximum absolute atomic E-state index is 9.60. The van der Waals surface area contributed by atoms with E-state index in [0.29, 0.717) is 0 Å². The third-order valence-electron chi connectivity index (χ3n) is 0.365. The third kappa shape index (κ3) is 607. The minimum absolute atomic E-state index is 0.176. The normalized spacial score (nSPS) is 6.43. The summed E-state index contributed by atoms with van der Waals surface area (Å²) in [6.07, 6.45) is 0. The lowest BCUT2D eigenvalue weighted by molar-refractivity contribution is -0.132. The number of rotatable bonds is 1. The van der Waals surface area contributed by atoms with Crippen molar-refractivity contribution < 1.29 is 35.4 Å². The van der Waals surface area contributed by atoms with Gasteiger partial charge in [-0.15, -0.1) is 0 Å². The molecule has 0 aliphatic carbocycles. The molecule has 134 valence electrons. The van der Waals surface area contributed by atoms with Crippen molar-refractivity contribution in [2.45, 2.75) is 41.5 Å². The van der Waals surface area contributed by atoms with E-state index in [1.165, 1.54) is 6.92 Å². The van der Waals surface area contributed by atoms with Gasteiger partial charge in [0.25, 0.3) is 0 Å². The van der Waals surface area contributed by atoms with Gasteiger partial charge in [0, 0.05) is 38.6 Å². The van der Waals surface area contributed by atoms with Gasteiger partial charge in [-0.05, 0) is 41.5 Å². The van der Waals surface area contributed by atoms with Gasteiger partial charge < -0.3 is 30.6 Å². The largest absolute Gasteiger partial charge is 0.478 e. The van der Waals surface area contributed by atoms with Gasteiger partial charge in [0.2, 0.25) is 0 Å². The van der Waals surface area contributed by atoms with Gasteiger partial charge in [0.1, 0.15) is 0 Å². The van der Waals surface area contributed by atoms with E-state index >= 15 is 0 Å². The van der Waals surface area contributed by atoms with Crippen molar-refractivity contribution >= 4 is 5.97 Å². The molecule has 0 aliphatic heterocycles. The van der Waals surface area contributed by atoms with Crippen LogP contribution in [0.4, 0.5) is 0 Å². The molecule has 0 fully saturated rings. The molecule has 0 atom stereocenters. The molecule has 7 heteroatoms. The van der Waals surface area contributed by atoms with E-state index in [-0.39, 0.29) is 38.6 Å².